The van der Waals surface area contributed by atoms with Crippen molar-refractivity contribution in [2.45, 2.75) is 19.8 Å². The van der Waals surface area contributed by atoms with E-state index in [9.17, 15) is 9.59 Å². The second-order valence-corrected chi connectivity index (χ2v) is 4.68. The van der Waals surface area contributed by atoms with Crippen molar-refractivity contribution in [1.82, 2.24) is 15.3 Å². The molecule has 0 aliphatic heterocycles. The van der Waals surface area contributed by atoms with Crippen molar-refractivity contribution in [3.8, 4) is 11.4 Å². The molecular weight excluding hydrogens is 266 g/mol. The van der Waals surface area contributed by atoms with Crippen LogP contribution in [0, 0.1) is 0 Å². The molecule has 0 aliphatic carbocycles. The number of nitrogens with zero attached hydrogens (tertiary/aromatic N) is 2. The third-order valence-corrected chi connectivity index (χ3v) is 2.95. The van der Waals surface area contributed by atoms with Crippen LogP contribution in [0.2, 0.25) is 0 Å². The van der Waals surface area contributed by atoms with E-state index in [4.69, 9.17) is 0 Å². The highest BCUT2D eigenvalue weighted by atomic mass is 16.1. The number of rotatable bonds is 6. The number of Topliss-reactive ketones (excluding diaryl/α,β-unsaturated/α-hetero) is 1. The molecule has 0 fully saturated rings. The van der Waals surface area contributed by atoms with Crippen molar-refractivity contribution in [3.63, 3.8) is 0 Å². The Labute approximate surface area is 123 Å². The molecule has 0 unspecified atom stereocenters. The maximum Gasteiger partial charge on any atom is 0.253 e. The molecule has 5 heteroatoms. The van der Waals surface area contributed by atoms with Crippen LogP contribution in [-0.4, -0.2) is 28.2 Å². The molecule has 1 amide bonds. The summed E-state index contributed by atoms with van der Waals surface area (Å²) in [6.45, 7) is 2.01. The summed E-state index contributed by atoms with van der Waals surface area (Å²) in [6.07, 6.45) is 4.41. The van der Waals surface area contributed by atoms with E-state index in [1.807, 2.05) is 18.2 Å². The van der Waals surface area contributed by atoms with Crippen LogP contribution in [0.5, 0.6) is 0 Å². The maximum atomic E-state index is 12.2. The first-order valence-electron chi connectivity index (χ1n) is 6.82. The summed E-state index contributed by atoms with van der Waals surface area (Å²) >= 11 is 0. The summed E-state index contributed by atoms with van der Waals surface area (Å²) in [5, 5.41) is 2.81. The average molecular weight is 283 g/mol. The molecule has 0 saturated heterocycles. The molecule has 0 spiro atoms. The van der Waals surface area contributed by atoms with Gasteiger partial charge in [-0.25, -0.2) is 0 Å². The van der Waals surface area contributed by atoms with E-state index < -0.39 is 0 Å². The second-order valence-electron chi connectivity index (χ2n) is 4.68. The van der Waals surface area contributed by atoms with Gasteiger partial charge in [0, 0.05) is 25.4 Å². The normalized spacial score (nSPS) is 10.1. The number of hydrogen-bond acceptors (Lipinski definition) is 4. The fourth-order valence-electron chi connectivity index (χ4n) is 1.93. The summed E-state index contributed by atoms with van der Waals surface area (Å²) in [7, 11) is 0. The van der Waals surface area contributed by atoms with Crippen molar-refractivity contribution in [1.29, 1.82) is 0 Å². The lowest BCUT2D eigenvalue weighted by molar-refractivity contribution is -0.117. The van der Waals surface area contributed by atoms with Crippen molar-refractivity contribution >= 4 is 11.7 Å². The van der Waals surface area contributed by atoms with E-state index in [1.54, 1.807) is 31.5 Å². The number of carbonyl (C=O) groups excluding carboxylic acids is 2. The molecule has 2 aromatic heterocycles. The Balaban J connectivity index is 2.09. The molecule has 0 saturated carbocycles. The minimum Gasteiger partial charge on any atom is -0.352 e. The number of amides is 1. The summed E-state index contributed by atoms with van der Waals surface area (Å²) in [5.41, 5.74) is 1.70. The van der Waals surface area contributed by atoms with E-state index in [0.29, 0.717) is 36.3 Å². The van der Waals surface area contributed by atoms with Crippen molar-refractivity contribution in [2.75, 3.05) is 6.54 Å². The molecular formula is C16H17N3O2. The topological polar surface area (TPSA) is 72.0 Å². The van der Waals surface area contributed by atoms with Gasteiger partial charge in [-0.05, 0) is 37.6 Å². The van der Waals surface area contributed by atoms with Crippen molar-refractivity contribution in [3.05, 3.63) is 48.3 Å². The number of nitrogens with one attached hydrogen (secondary N) is 1. The van der Waals surface area contributed by atoms with Gasteiger partial charge in [0.15, 0.2) is 0 Å². The standard InChI is InChI=1S/C16H17N3O2/c1-12(20)6-4-11-19-16(21)13-7-5-10-18-15(13)14-8-2-3-9-17-14/h2-3,5,7-10H,4,6,11H2,1H3,(H,19,21). The number of carbonyl (C=O) groups is 2. The SMILES string of the molecule is CC(=O)CCCNC(=O)c1cccnc1-c1ccccn1. The Hall–Kier alpha value is -2.56. The lowest BCUT2D eigenvalue weighted by Crippen LogP contribution is -2.25. The van der Waals surface area contributed by atoms with Gasteiger partial charge in [-0.1, -0.05) is 6.07 Å². The van der Waals surface area contributed by atoms with Gasteiger partial charge in [0.25, 0.3) is 5.91 Å². The van der Waals surface area contributed by atoms with Crippen molar-refractivity contribution in [2.24, 2.45) is 0 Å². The zero-order valence-corrected chi connectivity index (χ0v) is 11.9. The van der Waals surface area contributed by atoms with E-state index in [1.165, 1.54) is 0 Å². The Kier molecular flexibility index (Phi) is 5.15. The number of ketones is 1. The zero-order valence-electron chi connectivity index (χ0n) is 11.9. The first-order chi connectivity index (χ1) is 10.2. The first kappa shape index (κ1) is 14.8. The molecule has 2 aromatic rings. The fraction of sp³-hybridized carbons (Fsp3) is 0.250. The molecule has 0 aliphatic rings. The van der Waals surface area contributed by atoms with Crippen LogP contribution < -0.4 is 5.32 Å². The summed E-state index contributed by atoms with van der Waals surface area (Å²) in [6, 6.07) is 8.92. The molecule has 1 N–H and O–H groups in total. The van der Waals surface area contributed by atoms with Gasteiger partial charge < -0.3 is 10.1 Å². The third-order valence-electron chi connectivity index (χ3n) is 2.95. The molecule has 0 atom stereocenters. The zero-order chi connectivity index (χ0) is 15.1. The molecule has 5 nitrogen and oxygen atoms in total. The highest BCUT2D eigenvalue weighted by molar-refractivity contribution is 5.99. The number of pyridine rings is 2. The van der Waals surface area contributed by atoms with E-state index in [2.05, 4.69) is 15.3 Å². The van der Waals surface area contributed by atoms with Gasteiger partial charge in [0.1, 0.15) is 11.5 Å². The molecule has 21 heavy (non-hydrogen) atoms. The smallest absolute Gasteiger partial charge is 0.253 e. The minimum absolute atomic E-state index is 0.125. The van der Waals surface area contributed by atoms with E-state index in [0.717, 1.165) is 0 Å². The minimum atomic E-state index is -0.202. The van der Waals surface area contributed by atoms with Crippen LogP contribution in [-0.2, 0) is 4.79 Å². The van der Waals surface area contributed by atoms with Gasteiger partial charge in [-0.2, -0.15) is 0 Å². The van der Waals surface area contributed by atoms with E-state index >= 15 is 0 Å². The average Bonchev–Trinajstić information content (AvgIpc) is 2.52. The maximum absolute atomic E-state index is 12.2. The van der Waals surface area contributed by atoms with Crippen LogP contribution in [0.3, 0.4) is 0 Å². The number of aromatic nitrogens is 2. The number of hydrogen-bond donors (Lipinski definition) is 1. The Morgan fingerprint density at radius 3 is 2.62 bits per heavy atom. The molecule has 0 bridgehead atoms. The lowest BCUT2D eigenvalue weighted by Gasteiger charge is -2.08. The summed E-state index contributed by atoms with van der Waals surface area (Å²) in [5.74, 6) is -0.0768. The first-order valence-corrected chi connectivity index (χ1v) is 6.82. The van der Waals surface area contributed by atoms with Gasteiger partial charge in [0.2, 0.25) is 0 Å². The quantitative estimate of drug-likeness (QED) is 0.825. The van der Waals surface area contributed by atoms with Gasteiger partial charge in [-0.15, -0.1) is 0 Å². The Morgan fingerprint density at radius 2 is 1.90 bits per heavy atom. The highest BCUT2D eigenvalue weighted by Crippen LogP contribution is 2.18. The van der Waals surface area contributed by atoms with Crippen LogP contribution in [0.4, 0.5) is 0 Å². The van der Waals surface area contributed by atoms with Gasteiger partial charge in [-0.3, -0.25) is 14.8 Å². The lowest BCUT2D eigenvalue weighted by atomic mass is 10.1. The molecule has 2 rings (SSSR count). The highest BCUT2D eigenvalue weighted by Gasteiger charge is 2.13. The van der Waals surface area contributed by atoms with Crippen LogP contribution in [0.25, 0.3) is 11.4 Å². The van der Waals surface area contributed by atoms with E-state index in [-0.39, 0.29) is 11.7 Å². The summed E-state index contributed by atoms with van der Waals surface area (Å²) in [4.78, 5) is 31.6. The van der Waals surface area contributed by atoms with Crippen molar-refractivity contribution < 1.29 is 9.59 Å². The fourth-order valence-corrected chi connectivity index (χ4v) is 1.93. The van der Waals surface area contributed by atoms with Crippen LogP contribution >= 0.6 is 0 Å². The monoisotopic (exact) mass is 283 g/mol. The second kappa shape index (κ2) is 7.28. The van der Waals surface area contributed by atoms with Crippen LogP contribution in [0.1, 0.15) is 30.1 Å². The summed E-state index contributed by atoms with van der Waals surface area (Å²) < 4.78 is 0. The van der Waals surface area contributed by atoms with Gasteiger partial charge >= 0.3 is 0 Å². The predicted octanol–water partition coefficient (Wildman–Crippen LogP) is 2.24. The third kappa shape index (κ3) is 4.21. The Morgan fingerprint density at radius 1 is 1.10 bits per heavy atom. The molecule has 0 aromatic carbocycles. The van der Waals surface area contributed by atoms with Gasteiger partial charge in [0.05, 0.1) is 11.3 Å². The largest absolute Gasteiger partial charge is 0.352 e. The molecule has 108 valence electrons. The Bertz CT molecular complexity index is 626. The molecule has 0 radical (unpaired) electrons. The molecule has 2 heterocycles. The van der Waals surface area contributed by atoms with Crippen LogP contribution in [0.15, 0.2) is 42.7 Å². The predicted molar refractivity (Wildman–Crippen MR) is 79.7 cm³/mol.